The summed E-state index contributed by atoms with van der Waals surface area (Å²) in [6.07, 6.45) is 2.04. The number of nitrogens with two attached hydrogens (primary N) is 2. The predicted molar refractivity (Wildman–Crippen MR) is 54.5 cm³/mol. The van der Waals surface area contributed by atoms with Crippen LogP contribution in [0.15, 0.2) is 24.3 Å². The van der Waals surface area contributed by atoms with E-state index >= 15 is 0 Å². The van der Waals surface area contributed by atoms with Crippen LogP contribution in [-0.2, 0) is 6.42 Å². The fraction of sp³-hybridized carbons (Fsp3) is 0.455. The van der Waals surface area contributed by atoms with E-state index in [4.69, 9.17) is 11.5 Å². The molecule has 0 saturated carbocycles. The molecule has 0 radical (unpaired) electrons. The highest BCUT2D eigenvalue weighted by molar-refractivity contribution is 5.34. The van der Waals surface area contributed by atoms with E-state index in [1.165, 1.54) is 11.1 Å². The lowest BCUT2D eigenvalue weighted by Gasteiger charge is -2.28. The van der Waals surface area contributed by atoms with Gasteiger partial charge in [-0.25, -0.2) is 0 Å². The van der Waals surface area contributed by atoms with Gasteiger partial charge in [-0.1, -0.05) is 24.3 Å². The van der Waals surface area contributed by atoms with Crippen molar-refractivity contribution in [1.82, 2.24) is 0 Å². The summed E-state index contributed by atoms with van der Waals surface area (Å²) in [6.45, 7) is 0.713. The van der Waals surface area contributed by atoms with Gasteiger partial charge in [0, 0.05) is 6.04 Å². The molecule has 4 N–H and O–H groups in total. The third-order valence-corrected chi connectivity index (χ3v) is 2.85. The topological polar surface area (TPSA) is 52.0 Å². The van der Waals surface area contributed by atoms with E-state index in [0.717, 1.165) is 12.8 Å². The molecular weight excluding hydrogens is 160 g/mol. The normalized spacial score (nSPS) is 26.9. The number of hydrogen-bond donors (Lipinski definition) is 2. The minimum atomic E-state index is 0.295. The summed E-state index contributed by atoms with van der Waals surface area (Å²) < 4.78 is 0. The zero-order chi connectivity index (χ0) is 9.26. The summed E-state index contributed by atoms with van der Waals surface area (Å²) in [5.41, 5.74) is 14.5. The van der Waals surface area contributed by atoms with Crippen LogP contribution < -0.4 is 11.5 Å². The van der Waals surface area contributed by atoms with Crippen molar-refractivity contribution >= 4 is 0 Å². The van der Waals surface area contributed by atoms with Crippen LogP contribution >= 0.6 is 0 Å². The van der Waals surface area contributed by atoms with Gasteiger partial charge in [-0.05, 0) is 36.4 Å². The Hall–Kier alpha value is -0.860. The van der Waals surface area contributed by atoms with Gasteiger partial charge in [-0.15, -0.1) is 0 Å². The van der Waals surface area contributed by atoms with Gasteiger partial charge in [-0.3, -0.25) is 0 Å². The molecule has 0 heterocycles. The number of rotatable bonds is 1. The quantitative estimate of drug-likeness (QED) is 0.670. The Bertz CT molecular complexity index is 296. The average molecular weight is 176 g/mol. The second kappa shape index (κ2) is 3.48. The fourth-order valence-electron chi connectivity index (χ4n) is 2.20. The van der Waals surface area contributed by atoms with Crippen molar-refractivity contribution in [3.63, 3.8) is 0 Å². The average Bonchev–Trinajstić information content (AvgIpc) is 2.16. The van der Waals surface area contributed by atoms with Gasteiger partial charge in [0.1, 0.15) is 0 Å². The van der Waals surface area contributed by atoms with Crippen LogP contribution in [-0.4, -0.2) is 12.6 Å². The van der Waals surface area contributed by atoms with Gasteiger partial charge in [0.25, 0.3) is 0 Å². The molecule has 1 aliphatic carbocycles. The zero-order valence-corrected chi connectivity index (χ0v) is 7.74. The summed E-state index contributed by atoms with van der Waals surface area (Å²) in [6, 6.07) is 8.79. The van der Waals surface area contributed by atoms with Gasteiger partial charge in [0.05, 0.1) is 0 Å². The van der Waals surface area contributed by atoms with Crippen LogP contribution in [0.3, 0.4) is 0 Å². The summed E-state index contributed by atoms with van der Waals surface area (Å²) in [5, 5.41) is 0. The van der Waals surface area contributed by atoms with Crippen molar-refractivity contribution in [3.05, 3.63) is 35.4 Å². The van der Waals surface area contributed by atoms with Gasteiger partial charge in [-0.2, -0.15) is 0 Å². The number of benzene rings is 1. The molecule has 0 saturated heterocycles. The lowest BCUT2D eigenvalue weighted by molar-refractivity contribution is 0.494. The lowest BCUT2D eigenvalue weighted by atomic mass is 9.80. The molecule has 0 aromatic heterocycles. The van der Waals surface area contributed by atoms with Crippen molar-refractivity contribution in [2.45, 2.75) is 24.8 Å². The summed E-state index contributed by atoms with van der Waals surface area (Å²) in [5.74, 6) is 0.472. The Kier molecular flexibility index (Phi) is 2.34. The second-order valence-corrected chi connectivity index (χ2v) is 3.83. The molecule has 2 nitrogen and oxygen atoms in total. The first-order valence-electron chi connectivity index (χ1n) is 4.84. The van der Waals surface area contributed by atoms with Gasteiger partial charge in [0.2, 0.25) is 0 Å². The standard InChI is InChI=1S/C11H16N2/c12-7-9-6-10(13)5-8-3-1-2-4-11(8)9/h1-4,9-10H,5-7,12-13H2. The highest BCUT2D eigenvalue weighted by Crippen LogP contribution is 2.29. The first-order chi connectivity index (χ1) is 6.31. The Labute approximate surface area is 78.9 Å². The highest BCUT2D eigenvalue weighted by atomic mass is 14.7. The molecule has 1 aromatic carbocycles. The van der Waals surface area contributed by atoms with E-state index in [2.05, 4.69) is 24.3 Å². The Morgan fingerprint density at radius 3 is 2.85 bits per heavy atom. The van der Waals surface area contributed by atoms with Crippen LogP contribution in [0.2, 0.25) is 0 Å². The molecule has 0 aliphatic heterocycles. The Morgan fingerprint density at radius 1 is 1.31 bits per heavy atom. The molecule has 2 atom stereocenters. The van der Waals surface area contributed by atoms with Gasteiger partial charge < -0.3 is 11.5 Å². The molecule has 0 bridgehead atoms. The van der Waals surface area contributed by atoms with Crippen LogP contribution in [0.25, 0.3) is 0 Å². The maximum Gasteiger partial charge on any atom is 0.00857 e. The van der Waals surface area contributed by atoms with E-state index in [-0.39, 0.29) is 0 Å². The molecule has 0 fully saturated rings. The van der Waals surface area contributed by atoms with E-state index in [1.54, 1.807) is 0 Å². The largest absolute Gasteiger partial charge is 0.330 e. The molecule has 13 heavy (non-hydrogen) atoms. The van der Waals surface area contributed by atoms with Crippen molar-refractivity contribution in [3.8, 4) is 0 Å². The maximum absolute atomic E-state index is 5.96. The third kappa shape index (κ3) is 1.60. The molecule has 1 aliphatic rings. The van der Waals surface area contributed by atoms with E-state index in [0.29, 0.717) is 18.5 Å². The van der Waals surface area contributed by atoms with E-state index in [1.807, 2.05) is 0 Å². The monoisotopic (exact) mass is 176 g/mol. The molecule has 0 spiro atoms. The van der Waals surface area contributed by atoms with Crippen molar-refractivity contribution in [2.24, 2.45) is 11.5 Å². The minimum absolute atomic E-state index is 0.295. The van der Waals surface area contributed by atoms with Gasteiger partial charge >= 0.3 is 0 Å². The van der Waals surface area contributed by atoms with Crippen LogP contribution in [0.1, 0.15) is 23.5 Å². The van der Waals surface area contributed by atoms with Crippen LogP contribution in [0.4, 0.5) is 0 Å². The smallest absolute Gasteiger partial charge is 0.00857 e. The van der Waals surface area contributed by atoms with Crippen LogP contribution in [0.5, 0.6) is 0 Å². The molecule has 70 valence electrons. The SMILES string of the molecule is NCC1CC(N)Cc2ccccc21. The predicted octanol–water partition coefficient (Wildman–Crippen LogP) is 1.00. The van der Waals surface area contributed by atoms with E-state index < -0.39 is 0 Å². The Balaban J connectivity index is 2.37. The Morgan fingerprint density at radius 2 is 2.08 bits per heavy atom. The van der Waals surface area contributed by atoms with Crippen molar-refractivity contribution in [2.75, 3.05) is 6.54 Å². The second-order valence-electron chi connectivity index (χ2n) is 3.83. The van der Waals surface area contributed by atoms with Crippen molar-refractivity contribution < 1.29 is 0 Å². The summed E-state index contributed by atoms with van der Waals surface area (Å²) in [4.78, 5) is 0. The zero-order valence-electron chi connectivity index (χ0n) is 7.74. The van der Waals surface area contributed by atoms with Crippen LogP contribution in [0, 0.1) is 0 Å². The molecule has 2 rings (SSSR count). The van der Waals surface area contributed by atoms with Crippen molar-refractivity contribution in [1.29, 1.82) is 0 Å². The highest BCUT2D eigenvalue weighted by Gasteiger charge is 2.22. The first kappa shape index (κ1) is 8.73. The maximum atomic E-state index is 5.96. The molecule has 0 amide bonds. The summed E-state index contributed by atoms with van der Waals surface area (Å²) in [7, 11) is 0. The number of hydrogen-bond acceptors (Lipinski definition) is 2. The first-order valence-corrected chi connectivity index (χ1v) is 4.84. The van der Waals surface area contributed by atoms with Gasteiger partial charge in [0.15, 0.2) is 0 Å². The third-order valence-electron chi connectivity index (χ3n) is 2.85. The number of fused-ring (bicyclic) bond motifs is 1. The fourth-order valence-corrected chi connectivity index (χ4v) is 2.20. The van der Waals surface area contributed by atoms with E-state index in [9.17, 15) is 0 Å². The summed E-state index contributed by atoms with van der Waals surface area (Å²) >= 11 is 0. The lowest BCUT2D eigenvalue weighted by Crippen LogP contribution is -2.33. The molecule has 2 unspecified atom stereocenters. The molecular formula is C11H16N2. The minimum Gasteiger partial charge on any atom is -0.330 e. The molecule has 1 aromatic rings. The molecule has 2 heteroatoms.